The Morgan fingerprint density at radius 1 is 1.30 bits per heavy atom. The fraction of sp³-hybridized carbons (Fsp3) is 0.923. The van der Waals surface area contributed by atoms with Gasteiger partial charge in [0.1, 0.15) is 0 Å². The molecule has 0 aliphatic heterocycles. The smallest absolute Gasteiger partial charge is 0.222 e. The van der Waals surface area contributed by atoms with Gasteiger partial charge in [0.15, 0.2) is 0 Å². The second-order valence-electron chi connectivity index (χ2n) is 5.45. The molecule has 0 aromatic heterocycles. The molecule has 1 amide bonds. The van der Waals surface area contributed by atoms with Crippen molar-refractivity contribution in [3.63, 3.8) is 0 Å². The Balaban J connectivity index is -0.00000144. The highest BCUT2D eigenvalue weighted by molar-refractivity contribution is 5.85. The molecule has 20 heavy (non-hydrogen) atoms. The largest absolute Gasteiger partial charge is 0.380 e. The van der Waals surface area contributed by atoms with Crippen LogP contribution in [-0.4, -0.2) is 57.2 Å². The maximum Gasteiger partial charge on any atom is 0.222 e. The van der Waals surface area contributed by atoms with Crippen LogP contribution in [0.4, 0.5) is 0 Å². The van der Waals surface area contributed by atoms with Gasteiger partial charge in [-0.05, 0) is 26.4 Å². The number of nitrogens with zero attached hydrogens (tertiary/aromatic N) is 1. The Hall–Kier alpha value is -0.0700. The molecule has 0 rings (SSSR count). The number of hydrogen-bond acceptors (Lipinski definition) is 4. The average molecular weight is 332 g/mol. The van der Waals surface area contributed by atoms with Crippen LogP contribution in [0.15, 0.2) is 0 Å². The van der Waals surface area contributed by atoms with Crippen LogP contribution in [0.1, 0.15) is 26.7 Å². The van der Waals surface area contributed by atoms with E-state index in [1.165, 1.54) is 0 Å². The molecule has 5 nitrogen and oxygen atoms in total. The summed E-state index contributed by atoms with van der Waals surface area (Å²) in [5.41, 5.74) is 5.51. The first-order valence-corrected chi connectivity index (χ1v) is 6.56. The van der Waals surface area contributed by atoms with Crippen LogP contribution >= 0.6 is 24.8 Å². The van der Waals surface area contributed by atoms with Crippen molar-refractivity contribution >= 4 is 30.7 Å². The van der Waals surface area contributed by atoms with Crippen molar-refractivity contribution < 1.29 is 9.53 Å². The zero-order valence-electron chi connectivity index (χ0n) is 13.2. The first-order chi connectivity index (χ1) is 8.38. The van der Waals surface area contributed by atoms with Crippen molar-refractivity contribution in [3.8, 4) is 0 Å². The van der Waals surface area contributed by atoms with Crippen molar-refractivity contribution in [1.82, 2.24) is 10.2 Å². The molecule has 7 heteroatoms. The molecular formula is C13H31Cl2N3O2. The summed E-state index contributed by atoms with van der Waals surface area (Å²) in [6, 6.07) is 0.183. The average Bonchev–Trinajstić information content (AvgIpc) is 2.23. The zero-order valence-corrected chi connectivity index (χ0v) is 14.9. The van der Waals surface area contributed by atoms with E-state index < -0.39 is 0 Å². The highest BCUT2D eigenvalue weighted by atomic mass is 35.5. The number of ether oxygens (including phenoxy) is 1. The minimum atomic E-state index is -0.191. The van der Waals surface area contributed by atoms with Crippen LogP contribution in [0.3, 0.4) is 0 Å². The molecule has 0 spiro atoms. The third-order valence-electron chi connectivity index (χ3n) is 2.72. The number of halogens is 2. The maximum absolute atomic E-state index is 11.9. The van der Waals surface area contributed by atoms with Crippen LogP contribution in [0, 0.1) is 5.92 Å². The van der Waals surface area contributed by atoms with E-state index in [1.807, 2.05) is 14.1 Å². The number of nitrogens with two attached hydrogens (primary N) is 1. The summed E-state index contributed by atoms with van der Waals surface area (Å²) < 4.78 is 5.12. The molecule has 0 aliphatic rings. The van der Waals surface area contributed by atoms with Gasteiger partial charge < -0.3 is 20.7 Å². The van der Waals surface area contributed by atoms with Gasteiger partial charge in [0, 0.05) is 26.2 Å². The van der Waals surface area contributed by atoms with E-state index in [0.29, 0.717) is 18.9 Å². The van der Waals surface area contributed by atoms with Gasteiger partial charge in [-0.2, -0.15) is 0 Å². The molecule has 0 fully saturated rings. The summed E-state index contributed by atoms with van der Waals surface area (Å²) in [5, 5.41) is 3.06. The predicted molar refractivity (Wildman–Crippen MR) is 88.9 cm³/mol. The Morgan fingerprint density at radius 2 is 1.85 bits per heavy atom. The molecule has 0 aromatic rings. The Labute approximate surface area is 135 Å². The van der Waals surface area contributed by atoms with Gasteiger partial charge in [-0.3, -0.25) is 4.79 Å². The lowest BCUT2D eigenvalue weighted by atomic mass is 10.0. The summed E-state index contributed by atoms with van der Waals surface area (Å²) in [4.78, 5) is 14.0. The van der Waals surface area contributed by atoms with Crippen LogP contribution in [0.5, 0.6) is 0 Å². The predicted octanol–water partition coefficient (Wildman–Crippen LogP) is 1.29. The number of likely N-dealkylation sites (N-methyl/N-ethyl adjacent to an activating group) is 1. The fourth-order valence-corrected chi connectivity index (χ4v) is 1.95. The third kappa shape index (κ3) is 12.9. The standard InChI is InChI=1S/C13H29N3O2.2ClH/c1-10(2)6-11(9-16(3)4)15-13(17)7-12(8-14)18-5;;/h10-12H,6-9,14H2,1-5H3,(H,15,17);2*1H. The molecule has 0 saturated carbocycles. The third-order valence-corrected chi connectivity index (χ3v) is 2.72. The highest BCUT2D eigenvalue weighted by Crippen LogP contribution is 2.06. The van der Waals surface area contributed by atoms with E-state index in [1.54, 1.807) is 7.11 Å². The van der Waals surface area contributed by atoms with Crippen molar-refractivity contribution in [3.05, 3.63) is 0 Å². The number of hydrogen-bond donors (Lipinski definition) is 2. The highest BCUT2D eigenvalue weighted by Gasteiger charge is 2.17. The minimum Gasteiger partial charge on any atom is -0.380 e. The zero-order chi connectivity index (χ0) is 14.1. The molecule has 0 bridgehead atoms. The lowest BCUT2D eigenvalue weighted by Crippen LogP contribution is -2.44. The van der Waals surface area contributed by atoms with E-state index in [4.69, 9.17) is 10.5 Å². The Kier molecular flexibility index (Phi) is 17.3. The number of rotatable bonds is 9. The first kappa shape index (κ1) is 24.9. The molecular weight excluding hydrogens is 301 g/mol. The monoisotopic (exact) mass is 331 g/mol. The van der Waals surface area contributed by atoms with Crippen molar-refractivity contribution in [2.45, 2.75) is 38.8 Å². The van der Waals surface area contributed by atoms with E-state index in [2.05, 4.69) is 24.1 Å². The summed E-state index contributed by atoms with van der Waals surface area (Å²) >= 11 is 0. The van der Waals surface area contributed by atoms with Crippen molar-refractivity contribution in [2.75, 3.05) is 34.3 Å². The molecule has 0 radical (unpaired) electrons. The molecule has 124 valence electrons. The van der Waals surface area contributed by atoms with Gasteiger partial charge in [-0.25, -0.2) is 0 Å². The lowest BCUT2D eigenvalue weighted by Gasteiger charge is -2.24. The molecule has 2 atom stereocenters. The Bertz CT molecular complexity index is 228. The summed E-state index contributed by atoms with van der Waals surface area (Å²) in [7, 11) is 5.60. The van der Waals surface area contributed by atoms with Crippen molar-refractivity contribution in [1.29, 1.82) is 0 Å². The van der Waals surface area contributed by atoms with Gasteiger partial charge in [0.05, 0.1) is 12.5 Å². The quantitative estimate of drug-likeness (QED) is 0.668. The maximum atomic E-state index is 11.9. The molecule has 0 heterocycles. The number of carbonyl (C=O) groups is 1. The van der Waals surface area contributed by atoms with Gasteiger partial charge in [0.25, 0.3) is 0 Å². The fourth-order valence-electron chi connectivity index (χ4n) is 1.95. The summed E-state index contributed by atoms with van der Waals surface area (Å²) in [5.74, 6) is 0.572. The molecule has 0 aromatic carbocycles. The van der Waals surface area contributed by atoms with E-state index in [9.17, 15) is 4.79 Å². The molecule has 2 unspecified atom stereocenters. The van der Waals surface area contributed by atoms with Crippen LogP contribution < -0.4 is 11.1 Å². The summed E-state index contributed by atoms with van der Waals surface area (Å²) in [6.07, 6.45) is 1.11. The van der Waals surface area contributed by atoms with Gasteiger partial charge in [-0.15, -0.1) is 24.8 Å². The molecule has 3 N–H and O–H groups in total. The summed E-state index contributed by atoms with van der Waals surface area (Å²) in [6.45, 7) is 5.54. The lowest BCUT2D eigenvalue weighted by molar-refractivity contribution is -0.124. The van der Waals surface area contributed by atoms with Gasteiger partial charge in [-0.1, -0.05) is 13.8 Å². The number of nitrogens with one attached hydrogen (secondary N) is 1. The van der Waals surface area contributed by atoms with Crippen LogP contribution in [-0.2, 0) is 9.53 Å². The first-order valence-electron chi connectivity index (χ1n) is 6.56. The minimum absolute atomic E-state index is 0. The van der Waals surface area contributed by atoms with Gasteiger partial charge in [0.2, 0.25) is 5.91 Å². The second-order valence-corrected chi connectivity index (χ2v) is 5.45. The van der Waals surface area contributed by atoms with E-state index in [0.717, 1.165) is 13.0 Å². The molecule has 0 aliphatic carbocycles. The van der Waals surface area contributed by atoms with Crippen molar-refractivity contribution in [2.24, 2.45) is 11.7 Å². The number of amides is 1. The molecule has 0 saturated heterocycles. The Morgan fingerprint density at radius 3 is 2.20 bits per heavy atom. The second kappa shape index (κ2) is 13.9. The van der Waals surface area contributed by atoms with E-state index >= 15 is 0 Å². The topological polar surface area (TPSA) is 67.6 Å². The number of carbonyl (C=O) groups excluding carboxylic acids is 1. The van der Waals surface area contributed by atoms with Crippen LogP contribution in [0.25, 0.3) is 0 Å². The van der Waals surface area contributed by atoms with Crippen LogP contribution in [0.2, 0.25) is 0 Å². The SMILES string of the molecule is COC(CN)CC(=O)NC(CC(C)C)CN(C)C.Cl.Cl. The number of methoxy groups -OCH3 is 1. The normalized spacial score (nSPS) is 13.4. The van der Waals surface area contributed by atoms with E-state index in [-0.39, 0.29) is 42.9 Å². The van der Waals surface area contributed by atoms with Gasteiger partial charge >= 0.3 is 0 Å².